The highest BCUT2D eigenvalue weighted by atomic mass is 16.2. The van der Waals surface area contributed by atoms with Crippen LogP contribution in [-0.2, 0) is 4.79 Å². The predicted octanol–water partition coefficient (Wildman–Crippen LogP) is 0.937. The van der Waals surface area contributed by atoms with Crippen LogP contribution in [0.1, 0.15) is 17.3 Å². The molecule has 0 saturated heterocycles. The second-order valence-electron chi connectivity index (χ2n) is 3.77. The Morgan fingerprint density at radius 2 is 1.82 bits per heavy atom. The third-order valence-electron chi connectivity index (χ3n) is 2.56. The molecule has 17 heavy (non-hydrogen) atoms. The lowest BCUT2D eigenvalue weighted by Gasteiger charge is -2.18. The fourth-order valence-electron chi connectivity index (χ4n) is 1.48. The van der Waals surface area contributed by atoms with E-state index >= 15 is 0 Å². The first kappa shape index (κ1) is 13.4. The molecule has 0 aromatic heterocycles. The highest BCUT2D eigenvalue weighted by molar-refractivity contribution is 5.97. The van der Waals surface area contributed by atoms with Gasteiger partial charge in [-0.25, -0.2) is 0 Å². The van der Waals surface area contributed by atoms with Gasteiger partial charge < -0.3 is 5.32 Å². The highest BCUT2D eigenvalue weighted by Gasteiger charge is 2.13. The van der Waals surface area contributed by atoms with E-state index < -0.39 is 0 Å². The number of hydrogen-bond acceptors (Lipinski definition) is 3. The van der Waals surface area contributed by atoms with E-state index in [-0.39, 0.29) is 24.8 Å². The van der Waals surface area contributed by atoms with Crippen LogP contribution in [0.5, 0.6) is 0 Å². The molecule has 1 rings (SSSR count). The number of rotatable bonds is 6. The zero-order valence-electron chi connectivity index (χ0n) is 10.3. The van der Waals surface area contributed by atoms with Crippen molar-refractivity contribution in [3.63, 3.8) is 0 Å². The van der Waals surface area contributed by atoms with E-state index in [0.717, 1.165) is 0 Å². The molecule has 1 aromatic rings. The van der Waals surface area contributed by atoms with Crippen molar-refractivity contribution in [1.29, 1.82) is 0 Å². The number of carbonyl (C=O) groups excluding carboxylic acids is 2. The normalized spacial score (nSPS) is 10.3. The Bertz CT molecular complexity index is 376. The fraction of sp³-hybridized carbons (Fsp3) is 0.385. The van der Waals surface area contributed by atoms with Crippen LogP contribution in [0.2, 0.25) is 0 Å². The molecule has 0 bridgehead atoms. The van der Waals surface area contributed by atoms with Crippen molar-refractivity contribution in [2.24, 2.45) is 0 Å². The SMILES string of the molecule is CCN(CC(=O)NC)CC(=O)c1ccccc1. The molecular weight excluding hydrogens is 216 g/mol. The molecule has 92 valence electrons. The van der Waals surface area contributed by atoms with Gasteiger partial charge in [0.2, 0.25) is 5.91 Å². The maximum absolute atomic E-state index is 11.9. The highest BCUT2D eigenvalue weighted by Crippen LogP contribution is 2.01. The van der Waals surface area contributed by atoms with Crippen molar-refractivity contribution < 1.29 is 9.59 Å². The quantitative estimate of drug-likeness (QED) is 0.745. The molecular formula is C13H18N2O2. The van der Waals surface area contributed by atoms with Crippen molar-refractivity contribution in [2.75, 3.05) is 26.7 Å². The van der Waals surface area contributed by atoms with Crippen molar-refractivity contribution >= 4 is 11.7 Å². The summed E-state index contributed by atoms with van der Waals surface area (Å²) in [5.74, 6) is -0.0379. The van der Waals surface area contributed by atoms with Gasteiger partial charge in [-0.05, 0) is 6.54 Å². The maximum Gasteiger partial charge on any atom is 0.233 e. The first-order chi connectivity index (χ1) is 8.17. The molecule has 0 aliphatic rings. The smallest absolute Gasteiger partial charge is 0.233 e. The number of benzene rings is 1. The van der Waals surface area contributed by atoms with Crippen LogP contribution in [0.3, 0.4) is 0 Å². The van der Waals surface area contributed by atoms with Crippen molar-refractivity contribution in [3.8, 4) is 0 Å². The van der Waals surface area contributed by atoms with Crippen LogP contribution >= 0.6 is 0 Å². The molecule has 0 unspecified atom stereocenters. The third-order valence-corrected chi connectivity index (χ3v) is 2.56. The molecule has 0 atom stereocenters. The minimum Gasteiger partial charge on any atom is -0.358 e. The minimum absolute atomic E-state index is 0.0383. The van der Waals surface area contributed by atoms with Gasteiger partial charge >= 0.3 is 0 Å². The van der Waals surface area contributed by atoms with Crippen LogP contribution in [0.15, 0.2) is 30.3 Å². The number of ketones is 1. The largest absolute Gasteiger partial charge is 0.358 e. The van der Waals surface area contributed by atoms with E-state index in [1.165, 1.54) is 0 Å². The number of Topliss-reactive ketones (excluding diaryl/α,β-unsaturated/α-hetero) is 1. The van der Waals surface area contributed by atoms with E-state index in [2.05, 4.69) is 5.32 Å². The number of likely N-dealkylation sites (N-methyl/N-ethyl adjacent to an activating group) is 2. The molecule has 0 heterocycles. The number of amides is 1. The second-order valence-corrected chi connectivity index (χ2v) is 3.77. The molecule has 1 N–H and O–H groups in total. The van der Waals surface area contributed by atoms with Gasteiger partial charge in [-0.1, -0.05) is 37.3 Å². The Kier molecular flexibility index (Phi) is 5.36. The summed E-state index contributed by atoms with van der Waals surface area (Å²) in [6, 6.07) is 9.12. The Morgan fingerprint density at radius 3 is 2.35 bits per heavy atom. The Labute approximate surface area is 102 Å². The van der Waals surface area contributed by atoms with Gasteiger partial charge in [-0.2, -0.15) is 0 Å². The number of carbonyl (C=O) groups is 2. The summed E-state index contributed by atoms with van der Waals surface area (Å²) in [5.41, 5.74) is 0.683. The summed E-state index contributed by atoms with van der Waals surface area (Å²) >= 11 is 0. The molecule has 1 amide bonds. The van der Waals surface area contributed by atoms with E-state index in [1.54, 1.807) is 19.2 Å². The first-order valence-corrected chi connectivity index (χ1v) is 5.68. The van der Waals surface area contributed by atoms with E-state index in [9.17, 15) is 9.59 Å². The summed E-state index contributed by atoms with van der Waals surface area (Å²) in [6.45, 7) is 3.13. The molecule has 0 saturated carbocycles. The Balaban J connectivity index is 2.57. The fourth-order valence-corrected chi connectivity index (χ4v) is 1.48. The summed E-state index contributed by atoms with van der Waals surface area (Å²) in [6.07, 6.45) is 0. The predicted molar refractivity (Wildman–Crippen MR) is 67.0 cm³/mol. The minimum atomic E-state index is -0.0762. The van der Waals surface area contributed by atoms with Gasteiger partial charge in [0.25, 0.3) is 0 Å². The Morgan fingerprint density at radius 1 is 1.18 bits per heavy atom. The van der Waals surface area contributed by atoms with Crippen LogP contribution in [0.25, 0.3) is 0 Å². The van der Waals surface area contributed by atoms with Crippen LogP contribution in [0.4, 0.5) is 0 Å². The van der Waals surface area contributed by atoms with E-state index in [1.807, 2.05) is 30.0 Å². The molecule has 0 fully saturated rings. The van der Waals surface area contributed by atoms with E-state index in [4.69, 9.17) is 0 Å². The first-order valence-electron chi connectivity index (χ1n) is 5.68. The number of hydrogen-bond donors (Lipinski definition) is 1. The molecule has 0 aliphatic heterocycles. The van der Waals surface area contributed by atoms with Crippen LogP contribution in [0, 0.1) is 0 Å². The summed E-state index contributed by atoms with van der Waals surface area (Å²) < 4.78 is 0. The van der Waals surface area contributed by atoms with Gasteiger partial charge in [0.1, 0.15) is 0 Å². The van der Waals surface area contributed by atoms with Gasteiger partial charge in [-0.3, -0.25) is 14.5 Å². The summed E-state index contributed by atoms with van der Waals surface area (Å²) in [4.78, 5) is 25.0. The summed E-state index contributed by atoms with van der Waals surface area (Å²) in [7, 11) is 1.59. The van der Waals surface area contributed by atoms with Crippen LogP contribution < -0.4 is 5.32 Å². The molecule has 4 nitrogen and oxygen atoms in total. The lowest BCUT2D eigenvalue weighted by atomic mass is 10.1. The van der Waals surface area contributed by atoms with Gasteiger partial charge in [-0.15, -0.1) is 0 Å². The monoisotopic (exact) mass is 234 g/mol. The Hall–Kier alpha value is -1.68. The van der Waals surface area contributed by atoms with Gasteiger partial charge in [0, 0.05) is 12.6 Å². The number of nitrogens with one attached hydrogen (secondary N) is 1. The third kappa shape index (κ3) is 4.36. The average Bonchev–Trinajstić information content (AvgIpc) is 2.38. The number of nitrogens with zero attached hydrogens (tertiary/aromatic N) is 1. The van der Waals surface area contributed by atoms with Crippen molar-refractivity contribution in [3.05, 3.63) is 35.9 Å². The zero-order valence-corrected chi connectivity index (χ0v) is 10.3. The van der Waals surface area contributed by atoms with Crippen LogP contribution in [-0.4, -0.2) is 43.3 Å². The van der Waals surface area contributed by atoms with E-state index in [0.29, 0.717) is 12.1 Å². The lowest BCUT2D eigenvalue weighted by Crippen LogP contribution is -2.38. The second kappa shape index (κ2) is 6.81. The molecule has 0 radical (unpaired) electrons. The molecule has 4 heteroatoms. The zero-order chi connectivity index (χ0) is 12.7. The van der Waals surface area contributed by atoms with Gasteiger partial charge in [0.15, 0.2) is 5.78 Å². The molecule has 0 spiro atoms. The van der Waals surface area contributed by atoms with Gasteiger partial charge in [0.05, 0.1) is 13.1 Å². The molecule has 1 aromatic carbocycles. The summed E-state index contributed by atoms with van der Waals surface area (Å²) in [5, 5.41) is 2.55. The molecule has 0 aliphatic carbocycles. The van der Waals surface area contributed by atoms with Crippen molar-refractivity contribution in [2.45, 2.75) is 6.92 Å². The van der Waals surface area contributed by atoms with Crippen molar-refractivity contribution in [1.82, 2.24) is 10.2 Å². The maximum atomic E-state index is 11.9. The average molecular weight is 234 g/mol. The topological polar surface area (TPSA) is 49.4 Å². The lowest BCUT2D eigenvalue weighted by molar-refractivity contribution is -0.121. The standard InChI is InChI=1S/C13H18N2O2/c1-3-15(10-13(17)14-2)9-12(16)11-7-5-4-6-8-11/h4-8H,3,9-10H2,1-2H3,(H,14,17).